The first-order chi connectivity index (χ1) is 8.48. The maximum atomic E-state index is 9.56. The van der Waals surface area contributed by atoms with Gasteiger partial charge in [-0.25, -0.2) is 0 Å². The van der Waals surface area contributed by atoms with Crippen LogP contribution in [0.5, 0.6) is 0 Å². The molecule has 1 atom stereocenters. The number of aryl methyl sites for hydroxylation is 2. The Kier molecular flexibility index (Phi) is 5.42. The van der Waals surface area contributed by atoms with E-state index in [0.29, 0.717) is 0 Å². The van der Waals surface area contributed by atoms with Crippen LogP contribution in [0.1, 0.15) is 56.7 Å². The fourth-order valence-corrected chi connectivity index (χ4v) is 2.34. The molecule has 0 aliphatic heterocycles. The standard InChI is InChI=1S/C15H27NO2/c1-6-15(7-2,10-17)9-16-12(4)14-8-11(3)18-13(14)5/h8,12,16-17H,6-7,9-10H2,1-5H3. The molecule has 0 aliphatic carbocycles. The predicted octanol–water partition coefficient (Wildman–Crippen LogP) is 3.35. The Balaban J connectivity index is 2.65. The third-order valence-electron chi connectivity index (χ3n) is 4.16. The largest absolute Gasteiger partial charge is 0.466 e. The van der Waals surface area contributed by atoms with Gasteiger partial charge in [0.2, 0.25) is 0 Å². The number of furan rings is 1. The first-order valence-electron chi connectivity index (χ1n) is 6.89. The Morgan fingerprint density at radius 3 is 2.33 bits per heavy atom. The van der Waals surface area contributed by atoms with E-state index >= 15 is 0 Å². The molecule has 0 spiro atoms. The van der Waals surface area contributed by atoms with Gasteiger partial charge in [-0.3, -0.25) is 0 Å². The molecule has 1 rings (SSSR count). The molecule has 1 aromatic heterocycles. The van der Waals surface area contributed by atoms with E-state index in [1.165, 1.54) is 5.56 Å². The number of rotatable bonds is 7. The summed E-state index contributed by atoms with van der Waals surface area (Å²) in [7, 11) is 0. The molecule has 0 radical (unpaired) electrons. The van der Waals surface area contributed by atoms with Crippen LogP contribution in [0.3, 0.4) is 0 Å². The molecule has 1 unspecified atom stereocenters. The highest BCUT2D eigenvalue weighted by molar-refractivity contribution is 5.23. The van der Waals surface area contributed by atoms with Crippen molar-refractivity contribution in [1.82, 2.24) is 5.32 Å². The highest BCUT2D eigenvalue weighted by Crippen LogP contribution is 2.27. The van der Waals surface area contributed by atoms with Crippen LogP contribution in [0.15, 0.2) is 10.5 Å². The molecule has 0 fully saturated rings. The van der Waals surface area contributed by atoms with E-state index in [0.717, 1.165) is 30.9 Å². The summed E-state index contributed by atoms with van der Waals surface area (Å²) in [6.45, 7) is 11.5. The monoisotopic (exact) mass is 253 g/mol. The van der Waals surface area contributed by atoms with Crippen LogP contribution < -0.4 is 5.32 Å². The van der Waals surface area contributed by atoms with E-state index < -0.39 is 0 Å². The minimum atomic E-state index is 0.000938. The molecule has 2 N–H and O–H groups in total. The Bertz CT molecular complexity index is 358. The van der Waals surface area contributed by atoms with Gasteiger partial charge in [0.25, 0.3) is 0 Å². The lowest BCUT2D eigenvalue weighted by atomic mass is 9.83. The van der Waals surface area contributed by atoms with Crippen molar-refractivity contribution in [3.8, 4) is 0 Å². The summed E-state index contributed by atoms with van der Waals surface area (Å²) < 4.78 is 5.56. The molecule has 18 heavy (non-hydrogen) atoms. The van der Waals surface area contributed by atoms with E-state index in [9.17, 15) is 5.11 Å². The molecule has 104 valence electrons. The Morgan fingerprint density at radius 1 is 1.33 bits per heavy atom. The lowest BCUT2D eigenvalue weighted by Crippen LogP contribution is -2.37. The fourth-order valence-electron chi connectivity index (χ4n) is 2.34. The number of aliphatic hydroxyl groups is 1. The van der Waals surface area contributed by atoms with E-state index in [2.05, 4.69) is 32.2 Å². The molecule has 0 amide bonds. The number of hydrogen-bond acceptors (Lipinski definition) is 3. The molecule has 1 heterocycles. The second kappa shape index (κ2) is 6.39. The third-order valence-corrected chi connectivity index (χ3v) is 4.16. The van der Waals surface area contributed by atoms with Gasteiger partial charge in [0, 0.05) is 30.2 Å². The fraction of sp³-hybridized carbons (Fsp3) is 0.733. The zero-order valence-electron chi connectivity index (χ0n) is 12.3. The van der Waals surface area contributed by atoms with Crippen molar-refractivity contribution in [2.45, 2.75) is 53.5 Å². The Labute approximate surface area is 111 Å². The van der Waals surface area contributed by atoms with Gasteiger partial charge in [-0.1, -0.05) is 13.8 Å². The lowest BCUT2D eigenvalue weighted by molar-refractivity contribution is 0.110. The first kappa shape index (κ1) is 15.3. The van der Waals surface area contributed by atoms with Crippen molar-refractivity contribution < 1.29 is 9.52 Å². The highest BCUT2D eigenvalue weighted by atomic mass is 16.3. The van der Waals surface area contributed by atoms with Crippen molar-refractivity contribution in [2.75, 3.05) is 13.2 Å². The summed E-state index contributed by atoms with van der Waals surface area (Å²) in [6.07, 6.45) is 1.98. The van der Waals surface area contributed by atoms with Gasteiger partial charge in [-0.2, -0.15) is 0 Å². The molecule has 0 saturated heterocycles. The van der Waals surface area contributed by atoms with Crippen molar-refractivity contribution in [1.29, 1.82) is 0 Å². The van der Waals surface area contributed by atoms with Gasteiger partial charge in [0.1, 0.15) is 11.5 Å². The van der Waals surface area contributed by atoms with Gasteiger partial charge in [0.05, 0.1) is 0 Å². The first-order valence-corrected chi connectivity index (χ1v) is 6.89. The van der Waals surface area contributed by atoms with Crippen molar-refractivity contribution >= 4 is 0 Å². The van der Waals surface area contributed by atoms with E-state index in [1.807, 2.05) is 13.8 Å². The third kappa shape index (κ3) is 3.36. The molecular formula is C15H27NO2. The van der Waals surface area contributed by atoms with Gasteiger partial charge >= 0.3 is 0 Å². The van der Waals surface area contributed by atoms with Crippen LogP contribution in [-0.2, 0) is 0 Å². The topological polar surface area (TPSA) is 45.4 Å². The summed E-state index contributed by atoms with van der Waals surface area (Å²) in [5.41, 5.74) is 1.22. The van der Waals surface area contributed by atoms with Gasteiger partial charge in [-0.05, 0) is 39.7 Å². The average Bonchev–Trinajstić information content (AvgIpc) is 2.70. The normalized spacial score (nSPS) is 13.9. The second-order valence-electron chi connectivity index (χ2n) is 5.34. The zero-order chi connectivity index (χ0) is 13.8. The van der Waals surface area contributed by atoms with Crippen molar-refractivity contribution in [3.63, 3.8) is 0 Å². The lowest BCUT2D eigenvalue weighted by Gasteiger charge is -2.31. The molecule has 0 bridgehead atoms. The van der Waals surface area contributed by atoms with Gasteiger partial charge in [0.15, 0.2) is 0 Å². The molecule has 1 aromatic rings. The Morgan fingerprint density at radius 2 is 1.94 bits per heavy atom. The zero-order valence-corrected chi connectivity index (χ0v) is 12.3. The minimum Gasteiger partial charge on any atom is -0.466 e. The molecule has 3 nitrogen and oxygen atoms in total. The van der Waals surface area contributed by atoms with Crippen LogP contribution >= 0.6 is 0 Å². The smallest absolute Gasteiger partial charge is 0.105 e. The second-order valence-corrected chi connectivity index (χ2v) is 5.34. The van der Waals surface area contributed by atoms with Crippen LogP contribution in [0, 0.1) is 19.3 Å². The summed E-state index contributed by atoms with van der Waals surface area (Å²) in [6, 6.07) is 2.34. The molecule has 3 heteroatoms. The quantitative estimate of drug-likeness (QED) is 0.783. The van der Waals surface area contributed by atoms with E-state index in [1.54, 1.807) is 0 Å². The molecular weight excluding hydrogens is 226 g/mol. The average molecular weight is 253 g/mol. The Hall–Kier alpha value is -0.800. The van der Waals surface area contributed by atoms with Crippen molar-refractivity contribution in [3.05, 3.63) is 23.2 Å². The van der Waals surface area contributed by atoms with Crippen LogP contribution in [0.2, 0.25) is 0 Å². The number of nitrogens with one attached hydrogen (secondary N) is 1. The summed E-state index contributed by atoms with van der Waals surface area (Å²) in [5, 5.41) is 13.1. The molecule has 0 aliphatic rings. The molecule has 0 saturated carbocycles. The van der Waals surface area contributed by atoms with E-state index in [-0.39, 0.29) is 18.1 Å². The number of aliphatic hydroxyl groups excluding tert-OH is 1. The van der Waals surface area contributed by atoms with Crippen LogP contribution in [0.25, 0.3) is 0 Å². The van der Waals surface area contributed by atoms with Crippen LogP contribution in [-0.4, -0.2) is 18.3 Å². The van der Waals surface area contributed by atoms with E-state index in [4.69, 9.17) is 4.42 Å². The summed E-state index contributed by atoms with van der Waals surface area (Å²) in [5.74, 6) is 1.94. The predicted molar refractivity (Wildman–Crippen MR) is 74.7 cm³/mol. The summed E-state index contributed by atoms with van der Waals surface area (Å²) >= 11 is 0. The molecule has 0 aromatic carbocycles. The maximum Gasteiger partial charge on any atom is 0.105 e. The summed E-state index contributed by atoms with van der Waals surface area (Å²) in [4.78, 5) is 0. The minimum absolute atomic E-state index is 0.000938. The van der Waals surface area contributed by atoms with Crippen LogP contribution in [0.4, 0.5) is 0 Å². The number of hydrogen-bond donors (Lipinski definition) is 2. The maximum absolute atomic E-state index is 9.56. The SMILES string of the molecule is CCC(CC)(CO)CNC(C)c1cc(C)oc1C. The van der Waals surface area contributed by atoms with Gasteiger partial charge < -0.3 is 14.8 Å². The van der Waals surface area contributed by atoms with Crippen molar-refractivity contribution in [2.24, 2.45) is 5.41 Å². The highest BCUT2D eigenvalue weighted by Gasteiger charge is 2.26. The van der Waals surface area contributed by atoms with Gasteiger partial charge in [-0.15, -0.1) is 0 Å².